The molecular formula is C17H17N3O4. The minimum absolute atomic E-state index is 0.0143. The number of benzene rings is 1. The maximum absolute atomic E-state index is 12.2. The topological polar surface area (TPSA) is 92.6 Å². The fourth-order valence-corrected chi connectivity index (χ4v) is 3.01. The second kappa shape index (κ2) is 6.66. The van der Waals surface area contributed by atoms with Crippen LogP contribution in [0.5, 0.6) is 0 Å². The Bertz CT molecular complexity index is 733. The van der Waals surface area contributed by atoms with E-state index < -0.39 is 5.97 Å². The van der Waals surface area contributed by atoms with Gasteiger partial charge >= 0.3 is 11.9 Å². The van der Waals surface area contributed by atoms with Crippen molar-refractivity contribution >= 4 is 17.8 Å². The van der Waals surface area contributed by atoms with Gasteiger partial charge in [-0.05, 0) is 5.56 Å². The van der Waals surface area contributed by atoms with Crippen molar-refractivity contribution in [1.29, 1.82) is 0 Å². The minimum Gasteiger partial charge on any atom is -0.476 e. The fourth-order valence-electron chi connectivity index (χ4n) is 3.01. The highest BCUT2D eigenvalue weighted by atomic mass is 16.5. The molecule has 1 aliphatic rings. The average molecular weight is 327 g/mol. The van der Waals surface area contributed by atoms with Crippen molar-refractivity contribution in [3.8, 4) is 0 Å². The van der Waals surface area contributed by atoms with Crippen LogP contribution in [0.25, 0.3) is 0 Å². The lowest BCUT2D eigenvalue weighted by Crippen LogP contribution is -2.25. The summed E-state index contributed by atoms with van der Waals surface area (Å²) in [5, 5.41) is 8.90. The summed E-state index contributed by atoms with van der Waals surface area (Å²) in [6.07, 6.45) is 2.64. The predicted molar refractivity (Wildman–Crippen MR) is 85.9 cm³/mol. The number of anilines is 1. The number of ether oxygens (including phenoxy) is 1. The van der Waals surface area contributed by atoms with Gasteiger partial charge in [0, 0.05) is 19.0 Å². The van der Waals surface area contributed by atoms with Gasteiger partial charge in [0.2, 0.25) is 0 Å². The largest absolute Gasteiger partial charge is 0.476 e. The molecule has 1 fully saturated rings. The summed E-state index contributed by atoms with van der Waals surface area (Å²) in [4.78, 5) is 33.0. The first-order valence-electron chi connectivity index (χ1n) is 7.53. The van der Waals surface area contributed by atoms with Crippen molar-refractivity contribution in [2.75, 3.05) is 25.1 Å². The van der Waals surface area contributed by atoms with Crippen molar-refractivity contribution in [3.63, 3.8) is 0 Å². The number of aromatic carboxylic acids is 1. The van der Waals surface area contributed by atoms with E-state index in [1.807, 2.05) is 35.2 Å². The number of carboxylic acids is 1. The molecule has 24 heavy (non-hydrogen) atoms. The number of carboxylic acid groups (broad SMARTS) is 1. The Morgan fingerprint density at radius 2 is 1.92 bits per heavy atom. The third-order valence-corrected chi connectivity index (χ3v) is 4.23. The number of hydrogen-bond donors (Lipinski definition) is 1. The number of rotatable bonds is 4. The molecule has 124 valence electrons. The lowest BCUT2D eigenvalue weighted by atomic mass is 9.89. The second-order valence-corrected chi connectivity index (χ2v) is 5.62. The fraction of sp³-hybridized carbons (Fsp3) is 0.294. The van der Waals surface area contributed by atoms with Crippen LogP contribution in [0.3, 0.4) is 0 Å². The van der Waals surface area contributed by atoms with E-state index in [9.17, 15) is 9.59 Å². The van der Waals surface area contributed by atoms with Gasteiger partial charge in [-0.3, -0.25) is 4.79 Å². The van der Waals surface area contributed by atoms with E-state index >= 15 is 0 Å². The Kier molecular flexibility index (Phi) is 4.41. The lowest BCUT2D eigenvalue weighted by molar-refractivity contribution is -0.145. The molecule has 0 spiro atoms. The van der Waals surface area contributed by atoms with E-state index in [0.29, 0.717) is 18.9 Å². The zero-order valence-electron chi connectivity index (χ0n) is 13.1. The van der Waals surface area contributed by atoms with Crippen molar-refractivity contribution in [2.45, 2.75) is 5.92 Å². The van der Waals surface area contributed by atoms with Gasteiger partial charge in [0.1, 0.15) is 5.82 Å². The molecule has 0 aliphatic carbocycles. The van der Waals surface area contributed by atoms with Crippen LogP contribution < -0.4 is 4.90 Å². The summed E-state index contributed by atoms with van der Waals surface area (Å²) < 4.78 is 4.94. The van der Waals surface area contributed by atoms with Gasteiger partial charge in [0.25, 0.3) is 0 Å². The first-order valence-corrected chi connectivity index (χ1v) is 7.53. The zero-order chi connectivity index (χ0) is 17.1. The monoisotopic (exact) mass is 327 g/mol. The molecule has 1 aliphatic heterocycles. The van der Waals surface area contributed by atoms with Crippen LogP contribution in [0.15, 0.2) is 42.7 Å². The van der Waals surface area contributed by atoms with Crippen molar-refractivity contribution < 1.29 is 19.4 Å². The lowest BCUT2D eigenvalue weighted by Gasteiger charge is -2.17. The van der Waals surface area contributed by atoms with Crippen LogP contribution in [0.2, 0.25) is 0 Å². The summed E-state index contributed by atoms with van der Waals surface area (Å²) in [6.45, 7) is 1.04. The first kappa shape index (κ1) is 15.9. The number of carbonyl (C=O) groups is 2. The molecule has 2 atom stereocenters. The van der Waals surface area contributed by atoms with Gasteiger partial charge < -0.3 is 14.7 Å². The molecule has 3 rings (SSSR count). The second-order valence-electron chi connectivity index (χ2n) is 5.62. The highest BCUT2D eigenvalue weighted by molar-refractivity contribution is 5.85. The maximum Gasteiger partial charge on any atom is 0.356 e. The summed E-state index contributed by atoms with van der Waals surface area (Å²) in [7, 11) is 1.38. The molecule has 1 saturated heterocycles. The number of hydrogen-bond acceptors (Lipinski definition) is 6. The van der Waals surface area contributed by atoms with Gasteiger partial charge in [-0.25, -0.2) is 14.8 Å². The van der Waals surface area contributed by atoms with Crippen LogP contribution in [0.1, 0.15) is 22.0 Å². The molecule has 0 saturated carbocycles. The number of methoxy groups -OCH3 is 1. The maximum atomic E-state index is 12.2. The molecule has 7 nitrogen and oxygen atoms in total. The van der Waals surface area contributed by atoms with Crippen LogP contribution >= 0.6 is 0 Å². The van der Waals surface area contributed by atoms with E-state index in [-0.39, 0.29) is 23.5 Å². The Labute approximate surface area is 138 Å². The molecule has 2 aromatic rings. The smallest absolute Gasteiger partial charge is 0.356 e. The first-order chi connectivity index (χ1) is 11.6. The van der Waals surface area contributed by atoms with Crippen LogP contribution in [0.4, 0.5) is 5.82 Å². The molecule has 7 heteroatoms. The molecule has 0 amide bonds. The Morgan fingerprint density at radius 1 is 1.17 bits per heavy atom. The number of carbonyl (C=O) groups excluding carboxylic acids is 1. The highest BCUT2D eigenvalue weighted by Crippen LogP contribution is 2.35. The van der Waals surface area contributed by atoms with E-state index in [4.69, 9.17) is 9.84 Å². The van der Waals surface area contributed by atoms with E-state index in [0.717, 1.165) is 5.56 Å². The molecule has 1 aromatic heterocycles. The SMILES string of the molecule is COC(=O)[C@@H]1CN(c2cnc(C(=O)O)cn2)C[C@@H]1c1ccccc1. The van der Waals surface area contributed by atoms with E-state index in [2.05, 4.69) is 9.97 Å². The number of nitrogens with zero attached hydrogens (tertiary/aromatic N) is 3. The third kappa shape index (κ3) is 3.05. The summed E-state index contributed by atoms with van der Waals surface area (Å²) in [6, 6.07) is 9.79. The number of aromatic nitrogens is 2. The standard InChI is InChI=1S/C17H17N3O4/c1-24-17(23)13-10-20(9-12(13)11-5-3-2-4-6-11)15-8-18-14(7-19-15)16(21)22/h2-8,12-13H,9-10H2,1H3,(H,21,22)/t12-,13-/m1/s1. The Morgan fingerprint density at radius 3 is 2.50 bits per heavy atom. The van der Waals surface area contributed by atoms with E-state index in [1.165, 1.54) is 19.5 Å². The average Bonchev–Trinajstić information content (AvgIpc) is 3.07. The molecular weight excluding hydrogens is 310 g/mol. The molecule has 2 heterocycles. The Balaban J connectivity index is 1.86. The summed E-state index contributed by atoms with van der Waals surface area (Å²) >= 11 is 0. The van der Waals surface area contributed by atoms with Crippen LogP contribution in [-0.2, 0) is 9.53 Å². The minimum atomic E-state index is -1.12. The molecule has 0 unspecified atom stereocenters. The highest BCUT2D eigenvalue weighted by Gasteiger charge is 2.39. The van der Waals surface area contributed by atoms with Gasteiger partial charge in [0.15, 0.2) is 5.69 Å². The summed E-state index contributed by atoms with van der Waals surface area (Å²) in [5.74, 6) is -1.16. The van der Waals surface area contributed by atoms with Gasteiger partial charge in [0.05, 0.1) is 25.4 Å². The zero-order valence-corrected chi connectivity index (χ0v) is 13.1. The predicted octanol–water partition coefficient (Wildman–Crippen LogP) is 1.57. The molecule has 1 N–H and O–H groups in total. The quantitative estimate of drug-likeness (QED) is 0.852. The van der Waals surface area contributed by atoms with Crippen molar-refractivity contribution in [1.82, 2.24) is 9.97 Å². The Hall–Kier alpha value is -2.96. The van der Waals surface area contributed by atoms with Crippen LogP contribution in [-0.4, -0.2) is 47.2 Å². The van der Waals surface area contributed by atoms with Crippen LogP contribution in [0, 0.1) is 5.92 Å². The number of esters is 1. The molecule has 1 aromatic carbocycles. The third-order valence-electron chi connectivity index (χ3n) is 4.23. The van der Waals surface area contributed by atoms with Gasteiger partial charge in [-0.2, -0.15) is 0 Å². The van der Waals surface area contributed by atoms with Crippen molar-refractivity contribution in [2.24, 2.45) is 5.92 Å². The van der Waals surface area contributed by atoms with Gasteiger partial charge in [-0.1, -0.05) is 30.3 Å². The van der Waals surface area contributed by atoms with E-state index in [1.54, 1.807) is 0 Å². The van der Waals surface area contributed by atoms with Gasteiger partial charge in [-0.15, -0.1) is 0 Å². The molecule has 0 radical (unpaired) electrons. The normalized spacial score (nSPS) is 20.0. The molecule has 0 bridgehead atoms. The summed E-state index contributed by atoms with van der Waals surface area (Å²) in [5.41, 5.74) is 0.951. The van der Waals surface area contributed by atoms with Crippen molar-refractivity contribution in [3.05, 3.63) is 54.0 Å².